The highest BCUT2D eigenvalue weighted by Crippen LogP contribution is 2.29. The van der Waals surface area contributed by atoms with Crippen LogP contribution in [0.5, 0.6) is 5.75 Å². The summed E-state index contributed by atoms with van der Waals surface area (Å²) >= 11 is 5.88. The van der Waals surface area contributed by atoms with Crippen molar-refractivity contribution in [2.75, 3.05) is 0 Å². The Morgan fingerprint density at radius 3 is 2.72 bits per heavy atom. The number of rotatable bonds is 2. The highest BCUT2D eigenvalue weighted by molar-refractivity contribution is 8.26. The number of benzene rings is 1. The van der Waals surface area contributed by atoms with E-state index in [0.29, 0.717) is 14.8 Å². The molecule has 1 saturated heterocycles. The fourth-order valence-corrected chi connectivity index (χ4v) is 2.38. The van der Waals surface area contributed by atoms with Gasteiger partial charge in [0, 0.05) is 6.07 Å². The van der Waals surface area contributed by atoms with Gasteiger partial charge in [-0.3, -0.25) is 14.9 Å². The van der Waals surface area contributed by atoms with Gasteiger partial charge in [0.15, 0.2) is 0 Å². The fraction of sp³-hybridized carbons (Fsp3) is 0. The lowest BCUT2D eigenvalue weighted by Crippen LogP contribution is -2.17. The quantitative estimate of drug-likeness (QED) is 0.378. The molecular weight excluding hydrogens is 276 g/mol. The average Bonchev–Trinajstić information content (AvgIpc) is 2.60. The molecule has 0 unspecified atom stereocenters. The molecule has 8 heteroatoms. The number of hydrogen-bond donors (Lipinski definition) is 1. The summed E-state index contributed by atoms with van der Waals surface area (Å²) in [7, 11) is 0. The number of carbonyl (C=O) groups is 1. The number of nitro benzene ring substituents is 1. The van der Waals surface area contributed by atoms with E-state index in [-0.39, 0.29) is 5.91 Å². The van der Waals surface area contributed by atoms with Gasteiger partial charge in [0.2, 0.25) is 0 Å². The van der Waals surface area contributed by atoms with Crippen LogP contribution >= 0.6 is 24.0 Å². The molecule has 1 fully saturated rings. The standard InChI is InChI=1S/C10H6N2O4S2/c13-7-2-1-5(3-6(7)12(15)16)4-8-9(14)11-10(17)18-8/h1-4,13H,(H,11,14,17)/p-1/b8-4-. The van der Waals surface area contributed by atoms with E-state index in [1.54, 1.807) is 0 Å². The second-order valence-corrected chi connectivity index (χ2v) is 5.06. The van der Waals surface area contributed by atoms with Crippen molar-refractivity contribution < 1.29 is 14.8 Å². The summed E-state index contributed by atoms with van der Waals surface area (Å²) in [6.07, 6.45) is 1.45. The number of thioether (sulfide) groups is 1. The Morgan fingerprint density at radius 2 is 2.17 bits per heavy atom. The molecule has 1 N–H and O–H groups in total. The van der Waals surface area contributed by atoms with Crippen LogP contribution in [0.1, 0.15) is 5.56 Å². The monoisotopic (exact) mass is 281 g/mol. The Hall–Kier alpha value is -1.93. The van der Waals surface area contributed by atoms with Crippen LogP contribution in [0.25, 0.3) is 6.08 Å². The number of thiocarbonyl (C=S) groups is 1. The zero-order valence-corrected chi connectivity index (χ0v) is 10.3. The molecule has 18 heavy (non-hydrogen) atoms. The van der Waals surface area contributed by atoms with Crippen molar-refractivity contribution in [3.05, 3.63) is 38.8 Å². The highest BCUT2D eigenvalue weighted by Gasteiger charge is 2.22. The number of nitrogens with one attached hydrogen (secondary N) is 1. The molecule has 1 aliphatic heterocycles. The van der Waals surface area contributed by atoms with Crippen LogP contribution in [0.2, 0.25) is 0 Å². The molecule has 1 heterocycles. The molecular formula is C10H5N2O4S2-. The Labute approximate surface area is 111 Å². The van der Waals surface area contributed by atoms with Crippen LogP contribution in [-0.4, -0.2) is 15.2 Å². The first-order chi connectivity index (χ1) is 8.47. The van der Waals surface area contributed by atoms with Crippen LogP contribution in [0, 0.1) is 10.1 Å². The van der Waals surface area contributed by atoms with E-state index in [4.69, 9.17) is 12.2 Å². The molecule has 1 aromatic carbocycles. The van der Waals surface area contributed by atoms with Gasteiger partial charge in [-0.2, -0.15) is 0 Å². The first-order valence-electron chi connectivity index (χ1n) is 4.67. The largest absolute Gasteiger partial charge is 0.868 e. The number of carbonyl (C=O) groups excluding carboxylic acids is 1. The zero-order valence-electron chi connectivity index (χ0n) is 8.71. The van der Waals surface area contributed by atoms with E-state index in [9.17, 15) is 20.0 Å². The molecule has 0 spiro atoms. The topological polar surface area (TPSA) is 95.3 Å². The van der Waals surface area contributed by atoms with E-state index in [0.717, 1.165) is 23.9 Å². The maximum Gasteiger partial charge on any atom is 0.263 e. The highest BCUT2D eigenvalue weighted by atomic mass is 32.2. The maximum atomic E-state index is 11.4. The lowest BCUT2D eigenvalue weighted by molar-refractivity contribution is -0.398. The van der Waals surface area contributed by atoms with Crippen molar-refractivity contribution >= 4 is 46.0 Å². The Balaban J connectivity index is 2.38. The lowest BCUT2D eigenvalue weighted by atomic mass is 10.1. The molecule has 1 amide bonds. The first kappa shape index (κ1) is 12.5. The van der Waals surface area contributed by atoms with Gasteiger partial charge in [0.05, 0.1) is 9.83 Å². The number of amides is 1. The van der Waals surface area contributed by atoms with Gasteiger partial charge >= 0.3 is 0 Å². The van der Waals surface area contributed by atoms with Crippen molar-refractivity contribution in [1.29, 1.82) is 0 Å². The van der Waals surface area contributed by atoms with Crippen molar-refractivity contribution in [2.24, 2.45) is 0 Å². The first-order valence-corrected chi connectivity index (χ1v) is 5.90. The fourth-order valence-electron chi connectivity index (χ4n) is 1.34. The lowest BCUT2D eigenvalue weighted by Gasteiger charge is -2.06. The second-order valence-electron chi connectivity index (χ2n) is 3.34. The Morgan fingerprint density at radius 1 is 1.44 bits per heavy atom. The SMILES string of the molecule is O=C1NC(=S)S/C1=C\c1ccc([O-])c([N+](=O)[O-])c1. The van der Waals surface area contributed by atoms with Crippen LogP contribution in [0.4, 0.5) is 5.69 Å². The molecule has 0 saturated carbocycles. The van der Waals surface area contributed by atoms with Crippen LogP contribution in [0.15, 0.2) is 23.1 Å². The van der Waals surface area contributed by atoms with Gasteiger partial charge in [-0.15, -0.1) is 0 Å². The van der Waals surface area contributed by atoms with Crippen molar-refractivity contribution in [3.8, 4) is 5.75 Å². The zero-order chi connectivity index (χ0) is 13.3. The third kappa shape index (κ3) is 2.49. The number of hydrogen-bond acceptors (Lipinski definition) is 6. The molecule has 0 aromatic heterocycles. The van der Waals surface area contributed by atoms with E-state index >= 15 is 0 Å². The summed E-state index contributed by atoms with van der Waals surface area (Å²) in [5.74, 6) is -1.01. The van der Waals surface area contributed by atoms with E-state index < -0.39 is 16.4 Å². The van der Waals surface area contributed by atoms with Gasteiger partial charge < -0.3 is 10.4 Å². The third-order valence-electron chi connectivity index (χ3n) is 2.12. The summed E-state index contributed by atoms with van der Waals surface area (Å²) in [6.45, 7) is 0. The molecule has 0 bridgehead atoms. The molecule has 6 nitrogen and oxygen atoms in total. The summed E-state index contributed by atoms with van der Waals surface area (Å²) in [4.78, 5) is 21.6. The second kappa shape index (κ2) is 4.75. The van der Waals surface area contributed by atoms with Crippen LogP contribution in [-0.2, 0) is 4.79 Å². The Bertz CT molecular complexity index is 598. The summed E-state index contributed by atoms with van der Waals surface area (Å²) in [6, 6.07) is 3.64. The molecule has 2 rings (SSSR count). The summed E-state index contributed by atoms with van der Waals surface area (Å²) < 4.78 is 0.334. The molecule has 0 radical (unpaired) electrons. The maximum absolute atomic E-state index is 11.4. The molecule has 0 atom stereocenters. The molecule has 92 valence electrons. The van der Waals surface area contributed by atoms with Crippen LogP contribution in [0.3, 0.4) is 0 Å². The molecule has 0 aliphatic carbocycles. The van der Waals surface area contributed by atoms with Gasteiger partial charge in [-0.05, 0) is 17.4 Å². The van der Waals surface area contributed by atoms with Crippen molar-refractivity contribution in [3.63, 3.8) is 0 Å². The van der Waals surface area contributed by atoms with Crippen LogP contribution < -0.4 is 10.4 Å². The number of nitro groups is 1. The Kier molecular flexibility index (Phi) is 3.30. The minimum absolute atomic E-state index is 0.334. The van der Waals surface area contributed by atoms with Gasteiger partial charge in [0.25, 0.3) is 11.6 Å². The molecule has 1 aromatic rings. The van der Waals surface area contributed by atoms with E-state index in [1.165, 1.54) is 12.1 Å². The average molecular weight is 281 g/mol. The van der Waals surface area contributed by atoms with E-state index in [1.807, 2.05) is 0 Å². The molecule has 1 aliphatic rings. The van der Waals surface area contributed by atoms with Gasteiger partial charge in [-0.25, -0.2) is 0 Å². The summed E-state index contributed by atoms with van der Waals surface area (Å²) in [5.41, 5.74) is -0.112. The smallest absolute Gasteiger partial charge is 0.263 e. The van der Waals surface area contributed by atoms with Gasteiger partial charge in [0.1, 0.15) is 4.32 Å². The predicted octanol–water partition coefficient (Wildman–Crippen LogP) is 1.16. The minimum atomic E-state index is -0.753. The number of nitrogens with zero attached hydrogens (tertiary/aromatic N) is 1. The minimum Gasteiger partial charge on any atom is -0.868 e. The normalized spacial score (nSPS) is 17.0. The van der Waals surface area contributed by atoms with Gasteiger partial charge in [-0.1, -0.05) is 36.1 Å². The third-order valence-corrected chi connectivity index (χ3v) is 3.28. The van der Waals surface area contributed by atoms with E-state index in [2.05, 4.69) is 5.32 Å². The predicted molar refractivity (Wildman–Crippen MR) is 68.9 cm³/mol. The van der Waals surface area contributed by atoms with Crippen molar-refractivity contribution in [2.45, 2.75) is 0 Å². The summed E-state index contributed by atoms with van der Waals surface area (Å²) in [5, 5.41) is 24.2. The van der Waals surface area contributed by atoms with Crippen molar-refractivity contribution in [1.82, 2.24) is 5.32 Å².